The van der Waals surface area contributed by atoms with E-state index in [1.54, 1.807) is 46.1 Å². The van der Waals surface area contributed by atoms with Crippen LogP contribution in [0.5, 0.6) is 0 Å². The molecule has 0 aliphatic heterocycles. The van der Waals surface area contributed by atoms with Crippen LogP contribution in [0.4, 0.5) is 0 Å². The number of nitrogens with two attached hydrogens (primary N) is 3. The number of carbonyl (C=O) groups excluding carboxylic acids is 2. The number of nitrogens with zero attached hydrogens (tertiary/aromatic N) is 3. The molecule has 0 saturated carbocycles. The summed E-state index contributed by atoms with van der Waals surface area (Å²) in [7, 11) is -9.50. The van der Waals surface area contributed by atoms with Gasteiger partial charge in [-0.25, -0.2) is 40.7 Å². The van der Waals surface area contributed by atoms with Gasteiger partial charge in [0.25, 0.3) is 0 Å². The van der Waals surface area contributed by atoms with Crippen LogP contribution in [0.1, 0.15) is 389 Å². The van der Waals surface area contributed by atoms with Crippen LogP contribution in [0.3, 0.4) is 0 Å². The summed E-state index contributed by atoms with van der Waals surface area (Å²) in [5.74, 6) is -0.714. The van der Waals surface area contributed by atoms with Crippen molar-refractivity contribution < 1.29 is 44.7 Å². The fraction of sp³-hybridized carbons (Fsp3) is 0.628. The minimum absolute atomic E-state index is 0. The summed E-state index contributed by atoms with van der Waals surface area (Å²) in [5, 5.41) is 26.2. The Morgan fingerprint density at radius 3 is 0.687 bits per heavy atom. The number of hydrogen-bond donors (Lipinski definition) is 6. The van der Waals surface area contributed by atoms with Crippen molar-refractivity contribution in [2.24, 2.45) is 15.4 Å². The first kappa shape index (κ1) is 180. The second kappa shape index (κ2) is 175. The summed E-state index contributed by atoms with van der Waals surface area (Å²) < 4.78 is 61.5. The fourth-order valence-electron chi connectivity index (χ4n) is 5.13. The molecule has 21 heteroatoms. The van der Waals surface area contributed by atoms with Crippen LogP contribution in [0.2, 0.25) is 0 Å². The van der Waals surface area contributed by atoms with Gasteiger partial charge in [-0.1, -0.05) is 438 Å². The van der Waals surface area contributed by atoms with Gasteiger partial charge in [-0.2, -0.15) is 0 Å². The first-order valence-electron chi connectivity index (χ1n) is 43.3. The maximum absolute atomic E-state index is 11.1. The Hall–Kier alpha value is -6.46. The molecule has 4 heterocycles. The molecule has 8 aromatic rings. The van der Waals surface area contributed by atoms with E-state index in [1.165, 1.54) is 36.6 Å². The van der Waals surface area contributed by atoms with Gasteiger partial charge >= 0.3 is 5.97 Å². The molecule has 0 saturated heterocycles. The summed E-state index contributed by atoms with van der Waals surface area (Å²) in [6.45, 7) is 100. The highest BCUT2D eigenvalue weighted by Gasteiger charge is 2.04. The van der Waals surface area contributed by atoms with Crippen molar-refractivity contribution in [1.29, 1.82) is 0 Å². The third-order valence-corrected chi connectivity index (χ3v) is 7.33. The lowest BCUT2D eigenvalue weighted by atomic mass is 10.2. The second-order valence-electron chi connectivity index (χ2n) is 15.8. The topological polar surface area (TPSA) is 318 Å². The van der Waals surface area contributed by atoms with Gasteiger partial charge in [-0.05, 0) is 59.3 Å². The Labute approximate surface area is 722 Å². The molecule has 0 aliphatic carbocycles. The van der Waals surface area contributed by atoms with Crippen LogP contribution < -0.4 is 21.6 Å². The zero-order valence-corrected chi connectivity index (χ0v) is 88.0. The van der Waals surface area contributed by atoms with Crippen molar-refractivity contribution >= 4 is 91.5 Å². The van der Waals surface area contributed by atoms with Gasteiger partial charge in [0, 0.05) is 60.4 Å². The molecule has 0 spiro atoms. The van der Waals surface area contributed by atoms with E-state index < -0.39 is 36.0 Å². The van der Waals surface area contributed by atoms with Crippen LogP contribution in [0.25, 0.3) is 43.6 Å². The van der Waals surface area contributed by atoms with E-state index in [9.17, 15) is 39.6 Å². The Balaban J connectivity index is -0.0000000329. The predicted molar refractivity (Wildman–Crippen MR) is 544 cm³/mol. The molecule has 8 rings (SSSR count). The van der Waals surface area contributed by atoms with Crippen molar-refractivity contribution in [2.45, 2.75) is 386 Å². The van der Waals surface area contributed by atoms with Gasteiger partial charge in [-0.3, -0.25) is 23.5 Å². The number of fused-ring (bicyclic) bond motifs is 4. The van der Waals surface area contributed by atoms with E-state index >= 15 is 0 Å². The van der Waals surface area contributed by atoms with Gasteiger partial charge in [0.1, 0.15) is 6.54 Å². The van der Waals surface area contributed by atoms with Crippen LogP contribution in [-0.2, 0) is 41.4 Å². The van der Waals surface area contributed by atoms with Crippen LogP contribution >= 0.6 is 0 Å². The van der Waals surface area contributed by atoms with Crippen molar-refractivity contribution in [3.63, 3.8) is 0 Å². The summed E-state index contributed by atoms with van der Waals surface area (Å²) in [6, 6.07) is 39.5. The zero-order chi connectivity index (χ0) is 96.8. The van der Waals surface area contributed by atoms with Crippen LogP contribution in [0, 0.1) is 0 Å². The molecular formula is C94H208N8O10S3. The minimum Gasteiger partial charge on any atom is -0.480 e. The van der Waals surface area contributed by atoms with Crippen molar-refractivity contribution in [2.75, 3.05) is 18.8 Å². The van der Waals surface area contributed by atoms with Gasteiger partial charge in [0.05, 0.1) is 29.8 Å². The lowest BCUT2D eigenvalue weighted by Gasteiger charge is -1.99. The first-order chi connectivity index (χ1) is 54.0. The fourth-order valence-corrected chi connectivity index (χ4v) is 5.13. The number of hydrogen-bond acceptors (Lipinski definition) is 10. The molecule has 0 radical (unpaired) electrons. The number of nitrogens with one attached hydrogen (secondary N) is 1. The zero-order valence-electron chi connectivity index (χ0n) is 85.5. The number of aliphatic carboxylic acids is 1. The maximum Gasteiger partial charge on any atom is 0.323 e. The number of para-hydroxylation sites is 4. The highest BCUT2D eigenvalue weighted by Crippen LogP contribution is 2.16. The third kappa shape index (κ3) is 176. The molecule has 702 valence electrons. The number of carboxylic acids is 1. The lowest BCUT2D eigenvalue weighted by molar-refractivity contribution is -0.137. The number of rotatable bonds is 2. The average Bonchev–Trinajstić information content (AvgIpc) is 1.71. The Kier molecular flexibility index (Phi) is 274. The predicted octanol–water partition coefficient (Wildman–Crippen LogP) is 32.2. The quantitative estimate of drug-likeness (QED) is 0.0945. The number of sulfonamides is 3. The number of benzene rings is 4. The molecule has 0 bridgehead atoms. The summed E-state index contributed by atoms with van der Waals surface area (Å²) >= 11 is 0. The number of carbonyl (C=O) groups is 3. The van der Waals surface area contributed by atoms with E-state index in [-0.39, 0.29) is 31.9 Å². The SMILES string of the molecule is C.CC.CC.CC.CC.CC.CC.CC.CC.CC.CC.CC.CC.CC.CC.CC.CC.CC.CC.CC.CC.CC(=O)n1ccc2ccccc21.CC(=O)n1ccc2ccccc21.CCC.CCC.CCC.CCC.CS(N)(=O)=O.CS(N)(=O)=O.CS(N)(=O)=O.N.O=C(O)Cn1ccc2ccccc21.c1ccc2[nH]ccc2c1. The third-order valence-electron chi connectivity index (χ3n) is 7.33. The number of aromatic nitrogens is 4. The lowest BCUT2D eigenvalue weighted by Crippen LogP contribution is -2.07. The summed E-state index contributed by atoms with van der Waals surface area (Å²) in [6.07, 6.45) is 15.1. The highest BCUT2D eigenvalue weighted by molar-refractivity contribution is 7.88. The minimum atomic E-state index is -3.17. The Bertz CT molecular complexity index is 2900. The monoisotopic (exact) mass is 1710 g/mol. The molecule has 18 nitrogen and oxygen atoms in total. The normalized spacial score (nSPS) is 7.34. The number of primary sulfonamides is 3. The molecule has 4 aromatic carbocycles. The maximum atomic E-state index is 11.1. The number of carboxylic acid groups (broad SMARTS) is 1. The van der Waals surface area contributed by atoms with E-state index in [0.717, 1.165) is 51.5 Å². The second-order valence-corrected chi connectivity index (χ2v) is 20.8. The van der Waals surface area contributed by atoms with E-state index in [2.05, 4.69) is 94.0 Å². The highest BCUT2D eigenvalue weighted by atomic mass is 32.2. The number of H-pyrrole nitrogens is 1. The first-order valence-corrected chi connectivity index (χ1v) is 49.2. The number of aromatic amines is 1. The largest absolute Gasteiger partial charge is 0.480 e. The molecule has 115 heavy (non-hydrogen) atoms. The smallest absolute Gasteiger partial charge is 0.323 e. The Morgan fingerprint density at radius 2 is 0.487 bits per heavy atom. The van der Waals surface area contributed by atoms with Crippen LogP contribution in [0.15, 0.2) is 146 Å². The van der Waals surface area contributed by atoms with Crippen LogP contribution in [-0.4, -0.2) is 85.6 Å². The van der Waals surface area contributed by atoms with E-state index in [4.69, 9.17) is 5.11 Å². The van der Waals surface area contributed by atoms with E-state index in [0.29, 0.717) is 0 Å². The average molecular weight is 1710 g/mol. The van der Waals surface area contributed by atoms with Gasteiger partial charge < -0.3 is 20.8 Å². The molecule has 0 fully saturated rings. The van der Waals surface area contributed by atoms with Gasteiger partial charge in [0.15, 0.2) is 0 Å². The molecule has 0 amide bonds. The molecule has 4 aromatic heterocycles. The summed E-state index contributed by atoms with van der Waals surface area (Å²) in [4.78, 5) is 35.8. The molecule has 0 atom stereocenters. The van der Waals surface area contributed by atoms with Crippen molar-refractivity contribution in [1.82, 2.24) is 24.8 Å². The van der Waals surface area contributed by atoms with Gasteiger partial charge in [0.2, 0.25) is 41.9 Å². The molecule has 0 unspecified atom stereocenters. The van der Waals surface area contributed by atoms with E-state index in [1.807, 2.05) is 386 Å². The Morgan fingerprint density at radius 1 is 0.313 bits per heavy atom. The standard InChI is InChI=1S/C10H9NO2.2C10H9NO.C8H7N.4C3H8.20C2H6.3CH5NO2S.CH4.H3N/c12-10(13)7-11-6-5-8-3-1-2-4-9(8)11;2*1-8(12)11-7-6-9-4-2-3-5-10(9)11;1-2-4-8-7(3-1)5-6-9-8;4*1-3-2;20*1-2;3*1-5(2,3)4;;/h1-6H,7H2,(H,12,13);2*2-7H,1H3;1-6,9H;4*3H2,1-2H3;20*1-2H3;3*1H3,(H2,2,3,4);1H4;1H3. The van der Waals surface area contributed by atoms with Gasteiger partial charge in [-0.15, -0.1) is 0 Å². The molecular weight excluding hydrogens is 1500 g/mol. The van der Waals surface area contributed by atoms with Crippen molar-refractivity contribution in [3.8, 4) is 0 Å². The summed E-state index contributed by atoms with van der Waals surface area (Å²) in [5.41, 5.74) is 4.12. The molecule has 11 N–H and O–H groups in total. The molecule has 0 aliphatic rings. The van der Waals surface area contributed by atoms with Crippen molar-refractivity contribution in [3.05, 3.63) is 146 Å².